The highest BCUT2D eigenvalue weighted by Gasteiger charge is 2.56. The Bertz CT molecular complexity index is 508. The van der Waals surface area contributed by atoms with Gasteiger partial charge in [0, 0.05) is 17.2 Å². The highest BCUT2D eigenvalue weighted by molar-refractivity contribution is 5.79. The number of hydrogen-bond donors (Lipinski definition) is 2. The molecule has 1 saturated carbocycles. The number of hydrogen-bond acceptors (Lipinski definition) is 4. The minimum Gasteiger partial charge on any atom is -0.496 e. The molecule has 1 aromatic rings. The van der Waals surface area contributed by atoms with Gasteiger partial charge in [0.05, 0.1) is 19.6 Å². The Kier molecular flexibility index (Phi) is 3.41. The predicted octanol–water partition coefficient (Wildman–Crippen LogP) is 1.88. The Morgan fingerprint density at radius 2 is 2.00 bits per heavy atom. The van der Waals surface area contributed by atoms with Gasteiger partial charge in [0.2, 0.25) is 0 Å². The molecule has 1 unspecified atom stereocenters. The van der Waals surface area contributed by atoms with Gasteiger partial charge in [0.25, 0.3) is 0 Å². The molecular weight excluding hydrogens is 246 g/mol. The molecule has 0 radical (unpaired) electrons. The summed E-state index contributed by atoms with van der Waals surface area (Å²) in [7, 11) is 3.14. The summed E-state index contributed by atoms with van der Waals surface area (Å²) in [4.78, 5) is 11.4. The lowest BCUT2D eigenvalue weighted by atomic mass is 9.89. The quantitative estimate of drug-likeness (QED) is 0.849. The molecule has 0 heterocycles. The predicted molar refractivity (Wildman–Crippen MR) is 70.5 cm³/mol. The standard InChI is InChI=1S/C14H19NO4/c1-8-10(18-2)5-4-9(11(8)19-3)12(15)14(6-7-14)13(16)17/h4-5,12H,6-7,15H2,1-3H3,(H,16,17). The number of nitrogens with two attached hydrogens (primary N) is 1. The lowest BCUT2D eigenvalue weighted by molar-refractivity contribution is -0.144. The normalized spacial score (nSPS) is 17.7. The molecule has 0 amide bonds. The van der Waals surface area contributed by atoms with Crippen LogP contribution in [0.15, 0.2) is 12.1 Å². The number of rotatable bonds is 5. The van der Waals surface area contributed by atoms with Crippen LogP contribution in [0.1, 0.15) is 30.0 Å². The van der Waals surface area contributed by atoms with Gasteiger partial charge >= 0.3 is 5.97 Å². The minimum absolute atomic E-state index is 0.565. The lowest BCUT2D eigenvalue weighted by Gasteiger charge is -2.23. The Morgan fingerprint density at radius 1 is 1.37 bits per heavy atom. The number of aliphatic carboxylic acids is 1. The van der Waals surface area contributed by atoms with E-state index in [0.717, 1.165) is 11.1 Å². The summed E-state index contributed by atoms with van der Waals surface area (Å²) in [6, 6.07) is 3.02. The number of methoxy groups -OCH3 is 2. The number of ether oxygens (including phenoxy) is 2. The van der Waals surface area contributed by atoms with E-state index in [4.69, 9.17) is 15.2 Å². The summed E-state index contributed by atoms with van der Waals surface area (Å²) >= 11 is 0. The van der Waals surface area contributed by atoms with Crippen molar-refractivity contribution in [1.29, 1.82) is 0 Å². The summed E-state index contributed by atoms with van der Waals surface area (Å²) < 4.78 is 10.6. The summed E-state index contributed by atoms with van der Waals surface area (Å²) in [6.07, 6.45) is 1.22. The van der Waals surface area contributed by atoms with E-state index in [0.29, 0.717) is 24.3 Å². The van der Waals surface area contributed by atoms with Crippen molar-refractivity contribution in [2.75, 3.05) is 14.2 Å². The van der Waals surface area contributed by atoms with Crippen LogP contribution in [-0.4, -0.2) is 25.3 Å². The molecule has 0 saturated heterocycles. The van der Waals surface area contributed by atoms with E-state index >= 15 is 0 Å². The van der Waals surface area contributed by atoms with Gasteiger partial charge in [-0.25, -0.2) is 0 Å². The maximum absolute atomic E-state index is 11.4. The molecule has 0 bridgehead atoms. The van der Waals surface area contributed by atoms with Crippen molar-refractivity contribution >= 4 is 5.97 Å². The number of carboxylic acids is 1. The molecule has 3 N–H and O–H groups in total. The van der Waals surface area contributed by atoms with Crippen LogP contribution in [0.25, 0.3) is 0 Å². The fourth-order valence-electron chi connectivity index (χ4n) is 2.52. The molecule has 1 fully saturated rings. The molecule has 0 spiro atoms. The Morgan fingerprint density at radius 3 is 2.42 bits per heavy atom. The zero-order valence-corrected chi connectivity index (χ0v) is 11.4. The van der Waals surface area contributed by atoms with Gasteiger partial charge in [-0.2, -0.15) is 0 Å². The molecule has 0 aromatic heterocycles. The topological polar surface area (TPSA) is 81.8 Å². The first-order valence-corrected chi connectivity index (χ1v) is 6.18. The van der Waals surface area contributed by atoms with E-state index in [9.17, 15) is 9.90 Å². The molecule has 1 aliphatic rings. The fourth-order valence-corrected chi connectivity index (χ4v) is 2.52. The first kappa shape index (κ1) is 13.7. The van der Waals surface area contributed by atoms with Gasteiger partial charge in [-0.3, -0.25) is 4.79 Å². The van der Waals surface area contributed by atoms with Crippen molar-refractivity contribution in [2.45, 2.75) is 25.8 Å². The minimum atomic E-state index is -0.839. The van der Waals surface area contributed by atoms with Crippen LogP contribution >= 0.6 is 0 Å². The van der Waals surface area contributed by atoms with Gasteiger partial charge in [0.15, 0.2) is 0 Å². The highest BCUT2D eigenvalue weighted by Crippen LogP contribution is 2.55. The summed E-state index contributed by atoms with van der Waals surface area (Å²) in [6.45, 7) is 1.87. The summed E-state index contributed by atoms with van der Waals surface area (Å²) in [5.41, 5.74) is 6.89. The van der Waals surface area contributed by atoms with E-state index in [1.165, 1.54) is 0 Å². The van der Waals surface area contributed by atoms with Gasteiger partial charge in [-0.05, 0) is 25.8 Å². The zero-order chi connectivity index (χ0) is 14.2. The van der Waals surface area contributed by atoms with E-state index in [1.54, 1.807) is 26.4 Å². The molecule has 2 rings (SSSR count). The third kappa shape index (κ3) is 2.04. The van der Waals surface area contributed by atoms with Gasteiger partial charge < -0.3 is 20.3 Å². The molecule has 5 heteroatoms. The number of carboxylic acid groups (broad SMARTS) is 1. The van der Waals surface area contributed by atoms with E-state index < -0.39 is 17.4 Å². The van der Waals surface area contributed by atoms with Gasteiger partial charge in [-0.1, -0.05) is 6.07 Å². The maximum atomic E-state index is 11.4. The van der Waals surface area contributed by atoms with Crippen LogP contribution in [0.5, 0.6) is 11.5 Å². The van der Waals surface area contributed by atoms with Crippen molar-refractivity contribution in [2.24, 2.45) is 11.1 Å². The smallest absolute Gasteiger partial charge is 0.311 e. The molecular formula is C14H19NO4. The summed E-state index contributed by atoms with van der Waals surface area (Å²) in [5, 5.41) is 9.32. The molecule has 0 aliphatic heterocycles. The zero-order valence-electron chi connectivity index (χ0n) is 11.4. The second kappa shape index (κ2) is 4.74. The Hall–Kier alpha value is -1.75. The monoisotopic (exact) mass is 265 g/mol. The van der Waals surface area contributed by atoms with Gasteiger partial charge in [-0.15, -0.1) is 0 Å². The van der Waals surface area contributed by atoms with Crippen molar-refractivity contribution in [3.63, 3.8) is 0 Å². The fraction of sp³-hybridized carbons (Fsp3) is 0.500. The molecule has 1 atom stereocenters. The average molecular weight is 265 g/mol. The molecule has 19 heavy (non-hydrogen) atoms. The number of carbonyl (C=O) groups is 1. The third-order valence-corrected chi connectivity index (χ3v) is 3.96. The average Bonchev–Trinajstić information content (AvgIpc) is 3.19. The first-order valence-electron chi connectivity index (χ1n) is 6.18. The molecule has 1 aromatic carbocycles. The Balaban J connectivity index is 2.46. The van der Waals surface area contributed by atoms with Crippen molar-refractivity contribution in [3.05, 3.63) is 23.3 Å². The summed E-state index contributed by atoms with van der Waals surface area (Å²) in [5.74, 6) is 0.475. The van der Waals surface area contributed by atoms with Gasteiger partial charge in [0.1, 0.15) is 11.5 Å². The van der Waals surface area contributed by atoms with Crippen LogP contribution in [0.2, 0.25) is 0 Å². The van der Waals surface area contributed by atoms with Crippen molar-refractivity contribution < 1.29 is 19.4 Å². The lowest BCUT2D eigenvalue weighted by Crippen LogP contribution is -2.30. The second-order valence-corrected chi connectivity index (χ2v) is 4.95. The van der Waals surface area contributed by atoms with E-state index in [2.05, 4.69) is 0 Å². The van der Waals surface area contributed by atoms with E-state index in [1.807, 2.05) is 6.92 Å². The van der Waals surface area contributed by atoms with Crippen LogP contribution in [-0.2, 0) is 4.79 Å². The first-order chi connectivity index (χ1) is 8.97. The highest BCUT2D eigenvalue weighted by atomic mass is 16.5. The van der Waals surface area contributed by atoms with Crippen LogP contribution in [0.4, 0.5) is 0 Å². The largest absolute Gasteiger partial charge is 0.496 e. The van der Waals surface area contributed by atoms with Crippen LogP contribution in [0, 0.1) is 12.3 Å². The van der Waals surface area contributed by atoms with Crippen LogP contribution in [0.3, 0.4) is 0 Å². The molecule has 104 valence electrons. The van der Waals surface area contributed by atoms with Crippen molar-refractivity contribution in [3.8, 4) is 11.5 Å². The molecule has 1 aliphatic carbocycles. The Labute approximate surface area is 112 Å². The van der Waals surface area contributed by atoms with Crippen molar-refractivity contribution in [1.82, 2.24) is 0 Å². The van der Waals surface area contributed by atoms with Crippen LogP contribution < -0.4 is 15.2 Å². The number of benzene rings is 1. The third-order valence-electron chi connectivity index (χ3n) is 3.96. The molecule has 5 nitrogen and oxygen atoms in total. The van der Waals surface area contributed by atoms with E-state index in [-0.39, 0.29) is 0 Å². The second-order valence-electron chi connectivity index (χ2n) is 4.95. The maximum Gasteiger partial charge on any atom is 0.311 e. The SMILES string of the molecule is COc1ccc(C(N)C2(C(=O)O)CC2)c(OC)c1C.